The Morgan fingerprint density at radius 3 is 2.00 bits per heavy atom. The van der Waals surface area contributed by atoms with Gasteiger partial charge in [0.2, 0.25) is 0 Å². The summed E-state index contributed by atoms with van der Waals surface area (Å²) in [5, 5.41) is 8.50. The van der Waals surface area contributed by atoms with Crippen molar-refractivity contribution in [2.24, 2.45) is 5.92 Å². The Bertz CT molecular complexity index is 237. The normalized spacial score (nSPS) is 23.6. The molecule has 2 heteroatoms. The summed E-state index contributed by atoms with van der Waals surface area (Å²) in [4.78, 5) is 2.43. The first-order chi connectivity index (χ1) is 8.33. The molecule has 2 fully saturated rings. The quantitative estimate of drug-likeness (QED) is 0.577. The van der Waals surface area contributed by atoms with Gasteiger partial charge in [0.05, 0.1) is 5.84 Å². The fourth-order valence-electron chi connectivity index (χ4n) is 3.63. The third-order valence-electron chi connectivity index (χ3n) is 4.66. The van der Waals surface area contributed by atoms with Crippen LogP contribution in [-0.4, -0.2) is 23.3 Å². The zero-order chi connectivity index (χ0) is 12.1. The summed E-state index contributed by atoms with van der Waals surface area (Å²) < 4.78 is 0. The highest BCUT2D eigenvalue weighted by molar-refractivity contribution is 5.82. The summed E-state index contributed by atoms with van der Waals surface area (Å²) in [5.74, 6) is 1.55. The lowest BCUT2D eigenvalue weighted by Crippen LogP contribution is -2.44. The van der Waals surface area contributed by atoms with E-state index in [1.807, 2.05) is 0 Å². The number of nitrogens with zero attached hydrogens (tertiary/aromatic N) is 1. The summed E-state index contributed by atoms with van der Waals surface area (Å²) in [6, 6.07) is 0.683. The van der Waals surface area contributed by atoms with Gasteiger partial charge >= 0.3 is 0 Å². The molecule has 2 saturated carbocycles. The van der Waals surface area contributed by atoms with Crippen molar-refractivity contribution in [2.75, 3.05) is 6.54 Å². The van der Waals surface area contributed by atoms with E-state index in [0.717, 1.165) is 12.4 Å². The van der Waals surface area contributed by atoms with E-state index < -0.39 is 0 Å². The van der Waals surface area contributed by atoms with Crippen LogP contribution in [0, 0.1) is 11.3 Å². The molecule has 0 aliphatic heterocycles. The lowest BCUT2D eigenvalue weighted by atomic mass is 9.86. The van der Waals surface area contributed by atoms with E-state index >= 15 is 0 Å². The van der Waals surface area contributed by atoms with Gasteiger partial charge < -0.3 is 4.90 Å². The second kappa shape index (κ2) is 6.42. The molecule has 17 heavy (non-hydrogen) atoms. The molecule has 1 N–H and O–H groups in total. The second-order valence-corrected chi connectivity index (χ2v) is 5.80. The molecule has 0 bridgehead atoms. The largest absolute Gasteiger partial charge is 0.358 e. The summed E-state index contributed by atoms with van der Waals surface area (Å²) in [7, 11) is 0. The van der Waals surface area contributed by atoms with Crippen LogP contribution in [0.15, 0.2) is 0 Å². The number of nitrogens with one attached hydrogen (secondary N) is 1. The summed E-state index contributed by atoms with van der Waals surface area (Å²) in [5.41, 5.74) is 0. The van der Waals surface area contributed by atoms with E-state index in [-0.39, 0.29) is 0 Å². The van der Waals surface area contributed by atoms with Crippen molar-refractivity contribution in [3.05, 3.63) is 0 Å². The SMILES string of the molecule is CCN(C(=N)C1CCCCC1)C1CCCCC1. The number of rotatable bonds is 3. The van der Waals surface area contributed by atoms with Gasteiger partial charge in [-0.2, -0.15) is 0 Å². The highest BCUT2D eigenvalue weighted by Crippen LogP contribution is 2.29. The third-order valence-corrected chi connectivity index (χ3v) is 4.66. The molecule has 2 rings (SSSR count). The predicted molar refractivity (Wildman–Crippen MR) is 73.6 cm³/mol. The highest BCUT2D eigenvalue weighted by atomic mass is 15.2. The first-order valence-electron chi connectivity index (χ1n) is 7.68. The Morgan fingerprint density at radius 2 is 1.47 bits per heavy atom. The van der Waals surface area contributed by atoms with Gasteiger partial charge in [0.15, 0.2) is 0 Å². The number of hydrogen-bond donors (Lipinski definition) is 1. The fourth-order valence-corrected chi connectivity index (χ4v) is 3.63. The smallest absolute Gasteiger partial charge is 0.0991 e. The Labute approximate surface area is 106 Å². The minimum Gasteiger partial charge on any atom is -0.358 e. The van der Waals surface area contributed by atoms with Crippen molar-refractivity contribution in [3.8, 4) is 0 Å². The van der Waals surface area contributed by atoms with E-state index in [1.54, 1.807) is 0 Å². The van der Waals surface area contributed by atoms with Gasteiger partial charge in [-0.3, -0.25) is 5.41 Å². The van der Waals surface area contributed by atoms with Crippen molar-refractivity contribution in [1.29, 1.82) is 5.41 Å². The van der Waals surface area contributed by atoms with Crippen molar-refractivity contribution in [1.82, 2.24) is 4.90 Å². The highest BCUT2D eigenvalue weighted by Gasteiger charge is 2.27. The summed E-state index contributed by atoms with van der Waals surface area (Å²) in [6.07, 6.45) is 13.4. The Kier molecular flexibility index (Phi) is 4.87. The predicted octanol–water partition coefficient (Wildman–Crippen LogP) is 4.20. The van der Waals surface area contributed by atoms with E-state index in [1.165, 1.54) is 64.2 Å². The van der Waals surface area contributed by atoms with Crippen molar-refractivity contribution in [2.45, 2.75) is 77.2 Å². The number of hydrogen-bond acceptors (Lipinski definition) is 1. The van der Waals surface area contributed by atoms with Crippen LogP contribution in [0.5, 0.6) is 0 Å². The average molecular weight is 236 g/mol. The van der Waals surface area contributed by atoms with Crippen LogP contribution in [-0.2, 0) is 0 Å². The van der Waals surface area contributed by atoms with Crippen LogP contribution in [0.2, 0.25) is 0 Å². The molecule has 0 unspecified atom stereocenters. The van der Waals surface area contributed by atoms with Crippen LogP contribution in [0.25, 0.3) is 0 Å². The maximum absolute atomic E-state index is 8.50. The first kappa shape index (κ1) is 12.9. The molecule has 0 heterocycles. The third kappa shape index (κ3) is 3.23. The van der Waals surface area contributed by atoms with Crippen LogP contribution in [0.1, 0.15) is 71.1 Å². The van der Waals surface area contributed by atoms with Crippen LogP contribution < -0.4 is 0 Å². The maximum atomic E-state index is 8.50. The van der Waals surface area contributed by atoms with Crippen molar-refractivity contribution in [3.63, 3.8) is 0 Å². The molecule has 0 saturated heterocycles. The molecule has 0 aromatic heterocycles. The molecule has 0 aromatic rings. The van der Waals surface area contributed by atoms with Gasteiger partial charge in [-0.05, 0) is 32.6 Å². The van der Waals surface area contributed by atoms with Crippen LogP contribution >= 0.6 is 0 Å². The molecule has 2 aliphatic rings. The van der Waals surface area contributed by atoms with Gasteiger partial charge in [-0.25, -0.2) is 0 Å². The molecular weight excluding hydrogens is 208 g/mol. The van der Waals surface area contributed by atoms with Crippen LogP contribution in [0.3, 0.4) is 0 Å². The van der Waals surface area contributed by atoms with Gasteiger partial charge in [-0.1, -0.05) is 38.5 Å². The minimum absolute atomic E-state index is 0.575. The van der Waals surface area contributed by atoms with Crippen molar-refractivity contribution >= 4 is 5.84 Å². The second-order valence-electron chi connectivity index (χ2n) is 5.80. The lowest BCUT2D eigenvalue weighted by Gasteiger charge is -2.39. The molecular formula is C15H28N2. The monoisotopic (exact) mass is 236 g/mol. The zero-order valence-electron chi connectivity index (χ0n) is 11.4. The van der Waals surface area contributed by atoms with E-state index in [9.17, 15) is 0 Å². The van der Waals surface area contributed by atoms with Gasteiger partial charge in [0, 0.05) is 18.5 Å². The number of amidine groups is 1. The Balaban J connectivity index is 1.93. The summed E-state index contributed by atoms with van der Waals surface area (Å²) >= 11 is 0. The standard InChI is InChI=1S/C15H28N2/c1-2-17(14-11-7-4-8-12-14)15(16)13-9-5-3-6-10-13/h13-14,16H,2-12H2,1H3. The maximum Gasteiger partial charge on any atom is 0.0991 e. The molecule has 98 valence electrons. The molecule has 0 radical (unpaired) electrons. The Morgan fingerprint density at radius 1 is 0.941 bits per heavy atom. The minimum atomic E-state index is 0.575. The van der Waals surface area contributed by atoms with Crippen LogP contribution in [0.4, 0.5) is 0 Å². The van der Waals surface area contributed by atoms with Gasteiger partial charge in [0.25, 0.3) is 0 Å². The van der Waals surface area contributed by atoms with E-state index in [2.05, 4.69) is 11.8 Å². The van der Waals surface area contributed by atoms with Crippen molar-refractivity contribution < 1.29 is 0 Å². The molecule has 2 nitrogen and oxygen atoms in total. The fraction of sp³-hybridized carbons (Fsp3) is 0.933. The molecule has 0 aromatic carbocycles. The van der Waals surface area contributed by atoms with Gasteiger partial charge in [-0.15, -0.1) is 0 Å². The average Bonchev–Trinajstić information content (AvgIpc) is 2.42. The molecule has 0 spiro atoms. The molecule has 0 amide bonds. The first-order valence-corrected chi connectivity index (χ1v) is 7.68. The molecule has 0 atom stereocenters. The Hall–Kier alpha value is -0.530. The lowest BCUT2D eigenvalue weighted by molar-refractivity contribution is 0.234. The summed E-state index contributed by atoms with van der Waals surface area (Å²) in [6.45, 7) is 3.27. The molecule has 2 aliphatic carbocycles. The zero-order valence-corrected chi connectivity index (χ0v) is 11.4. The van der Waals surface area contributed by atoms with E-state index in [0.29, 0.717) is 12.0 Å². The topological polar surface area (TPSA) is 27.1 Å². The van der Waals surface area contributed by atoms with E-state index in [4.69, 9.17) is 5.41 Å². The van der Waals surface area contributed by atoms with Gasteiger partial charge in [0.1, 0.15) is 0 Å².